The summed E-state index contributed by atoms with van der Waals surface area (Å²) >= 11 is 0. The van der Waals surface area contributed by atoms with E-state index in [-0.39, 0.29) is 28.5 Å². The monoisotopic (exact) mass is 927 g/mol. The first-order valence-electron chi connectivity index (χ1n) is 26.0. The van der Waals surface area contributed by atoms with Gasteiger partial charge in [-0.05, 0) is 176 Å². The van der Waals surface area contributed by atoms with Crippen LogP contribution in [0.25, 0.3) is 55.3 Å². The van der Waals surface area contributed by atoms with Gasteiger partial charge in [-0.15, -0.1) is 0 Å². The molecule has 0 radical (unpaired) electrons. The highest BCUT2D eigenvalue weighted by Crippen LogP contribution is 2.56. The predicted molar refractivity (Wildman–Crippen MR) is 305 cm³/mol. The highest BCUT2D eigenvalue weighted by atomic mass is 16.3. The summed E-state index contributed by atoms with van der Waals surface area (Å²) in [7, 11) is 0. The summed E-state index contributed by atoms with van der Waals surface area (Å²) in [6.45, 7) is 30.4. The van der Waals surface area contributed by atoms with E-state index >= 15 is 0 Å². The molecule has 4 heteroatoms. The van der Waals surface area contributed by atoms with Gasteiger partial charge in [-0.25, -0.2) is 0 Å². The molecule has 1 aliphatic carbocycles. The Morgan fingerprint density at radius 3 is 1.83 bits per heavy atom. The predicted octanol–water partition coefficient (Wildman–Crippen LogP) is 17.5. The van der Waals surface area contributed by atoms with Crippen molar-refractivity contribution in [3.8, 4) is 33.4 Å². The second-order valence-electron chi connectivity index (χ2n) is 24.6. The van der Waals surface area contributed by atoms with E-state index in [1.807, 2.05) is 0 Å². The van der Waals surface area contributed by atoms with E-state index in [1.165, 1.54) is 100 Å². The van der Waals surface area contributed by atoms with E-state index in [4.69, 9.17) is 4.42 Å². The summed E-state index contributed by atoms with van der Waals surface area (Å²) in [5, 5.41) is 2.25. The van der Waals surface area contributed by atoms with Crippen molar-refractivity contribution in [3.05, 3.63) is 185 Å². The van der Waals surface area contributed by atoms with E-state index in [9.17, 15) is 0 Å². The van der Waals surface area contributed by atoms with Crippen LogP contribution < -0.4 is 20.6 Å². The van der Waals surface area contributed by atoms with Gasteiger partial charge in [-0.3, -0.25) is 0 Å². The van der Waals surface area contributed by atoms with Gasteiger partial charge in [0.05, 0.1) is 11.4 Å². The summed E-state index contributed by atoms with van der Waals surface area (Å²) in [6, 6.07) is 56.2. The highest BCUT2D eigenvalue weighted by Gasteiger charge is 2.49. The van der Waals surface area contributed by atoms with E-state index in [1.54, 1.807) is 0 Å². The molecule has 9 aromatic rings. The van der Waals surface area contributed by atoms with E-state index < -0.39 is 0 Å². The number of hydrogen-bond donors (Lipinski definition) is 0. The van der Waals surface area contributed by atoms with E-state index in [0.29, 0.717) is 0 Å². The molecule has 0 N–H and O–H groups in total. The average Bonchev–Trinajstić information content (AvgIpc) is 3.71. The molecule has 71 heavy (non-hydrogen) atoms. The van der Waals surface area contributed by atoms with Crippen LogP contribution in [0.15, 0.2) is 150 Å². The molecule has 0 amide bonds. The third kappa shape index (κ3) is 7.06. The van der Waals surface area contributed by atoms with Crippen molar-refractivity contribution in [2.24, 2.45) is 0 Å². The van der Waals surface area contributed by atoms with Crippen molar-refractivity contribution in [3.63, 3.8) is 0 Å². The maximum absolute atomic E-state index is 7.28. The number of fused-ring (bicyclic) bond motifs is 9. The minimum absolute atomic E-state index is 0.0132. The number of benzene rings is 8. The molecule has 0 unspecified atom stereocenters. The molecule has 0 saturated carbocycles. The molecule has 1 aromatic heterocycles. The molecule has 3 aliphatic rings. The molecule has 12 rings (SSSR count). The lowest BCUT2D eigenvalue weighted by molar-refractivity contribution is 0.332. The van der Waals surface area contributed by atoms with Gasteiger partial charge in [0.15, 0.2) is 5.58 Å². The Kier molecular flexibility index (Phi) is 9.98. The van der Waals surface area contributed by atoms with E-state index in [0.717, 1.165) is 46.2 Å². The minimum Gasteiger partial charge on any atom is -0.454 e. The molecule has 354 valence electrons. The Bertz CT molecular complexity index is 3630. The zero-order valence-corrected chi connectivity index (χ0v) is 44.2. The molecule has 0 spiro atoms. The molecule has 0 bridgehead atoms. The van der Waals surface area contributed by atoms with E-state index in [2.05, 4.69) is 245 Å². The van der Waals surface area contributed by atoms with Gasteiger partial charge in [-0.2, -0.15) is 0 Å². The van der Waals surface area contributed by atoms with Crippen LogP contribution in [0, 0.1) is 20.8 Å². The number of furan rings is 1. The van der Waals surface area contributed by atoms with Crippen LogP contribution in [0.5, 0.6) is 0 Å². The fourth-order valence-corrected chi connectivity index (χ4v) is 12.8. The molecule has 0 fully saturated rings. The topological polar surface area (TPSA) is 19.6 Å². The molecule has 3 nitrogen and oxygen atoms in total. The first kappa shape index (κ1) is 45.4. The Hall–Kier alpha value is -6.78. The summed E-state index contributed by atoms with van der Waals surface area (Å²) in [5.41, 5.74) is 27.1. The summed E-state index contributed by atoms with van der Waals surface area (Å²) in [5.74, 6) is 0. The third-order valence-electron chi connectivity index (χ3n) is 16.7. The maximum Gasteiger partial charge on any atom is 0.333 e. The number of anilines is 5. The fraction of sp³-hybridized carbons (Fsp3) is 0.284. The standard InChI is InChI=1S/C67H67BN2O/c1-40-33-41(2)60(42(3)34-40)44-35-52-51-38-53-54(67(12,13)32-31-66(53,10)11)39-57(51)70(47-26-23-45(24-27-47)64(4,5)6)68-55-29-28-49-48-21-17-18-22-59(48)71-63(49)62(55)69(58(36-44)61(52)68)56-30-25-46(65(7,8)9)37-50(56)43-19-15-14-16-20-43/h14-30,33-39H,31-32H2,1-13H3. The van der Waals surface area contributed by atoms with Gasteiger partial charge in [0, 0.05) is 39.0 Å². The van der Waals surface area contributed by atoms with Gasteiger partial charge in [0.2, 0.25) is 0 Å². The van der Waals surface area contributed by atoms with Gasteiger partial charge >= 0.3 is 6.85 Å². The lowest BCUT2D eigenvalue weighted by Gasteiger charge is -2.48. The van der Waals surface area contributed by atoms with Crippen LogP contribution in [-0.2, 0) is 21.7 Å². The second kappa shape index (κ2) is 15.6. The zero-order valence-electron chi connectivity index (χ0n) is 44.2. The Morgan fingerprint density at radius 1 is 0.521 bits per heavy atom. The Balaban J connectivity index is 1.28. The van der Waals surface area contributed by atoms with Crippen molar-refractivity contribution in [2.45, 2.75) is 125 Å². The van der Waals surface area contributed by atoms with Gasteiger partial charge in [0.1, 0.15) is 5.58 Å². The number of para-hydroxylation sites is 1. The first-order valence-corrected chi connectivity index (χ1v) is 26.0. The molecular formula is C67H67BN2O. The second-order valence-corrected chi connectivity index (χ2v) is 24.6. The third-order valence-corrected chi connectivity index (χ3v) is 16.7. The van der Waals surface area contributed by atoms with Crippen molar-refractivity contribution in [1.82, 2.24) is 0 Å². The van der Waals surface area contributed by atoms with Crippen molar-refractivity contribution >= 4 is 68.1 Å². The lowest BCUT2D eigenvalue weighted by atomic mass is 9.43. The minimum atomic E-state index is -0.183. The number of nitrogens with zero attached hydrogens (tertiary/aromatic N) is 2. The average molecular weight is 927 g/mol. The van der Waals surface area contributed by atoms with Crippen LogP contribution in [-0.4, -0.2) is 6.85 Å². The van der Waals surface area contributed by atoms with Crippen LogP contribution in [0.3, 0.4) is 0 Å². The SMILES string of the molecule is Cc1cc(C)c(-c2cc3c4c(c2)N(c2ccc(C(C)(C)C)cc2-c2ccccc2)c2c(ccc5c2oc2ccccc25)B4N(c2ccc(C(C)(C)C)cc2)c2cc4c(cc2-3)C(C)(C)CCC4(C)C)c(C)c1. The number of aryl methyl sites for hydroxylation is 3. The van der Waals surface area contributed by atoms with Crippen molar-refractivity contribution in [1.29, 1.82) is 0 Å². The van der Waals surface area contributed by atoms with Gasteiger partial charge < -0.3 is 14.1 Å². The summed E-state index contributed by atoms with van der Waals surface area (Å²) in [6.07, 6.45) is 2.29. The first-order chi connectivity index (χ1) is 33.7. The summed E-state index contributed by atoms with van der Waals surface area (Å²) in [4.78, 5) is 5.32. The lowest BCUT2D eigenvalue weighted by Crippen LogP contribution is -2.61. The van der Waals surface area contributed by atoms with Crippen molar-refractivity contribution < 1.29 is 4.42 Å². The smallest absolute Gasteiger partial charge is 0.333 e. The number of hydrogen-bond acceptors (Lipinski definition) is 3. The molecule has 0 saturated heterocycles. The van der Waals surface area contributed by atoms with Gasteiger partial charge in [-0.1, -0.05) is 166 Å². The largest absolute Gasteiger partial charge is 0.454 e. The molecular weight excluding hydrogens is 860 g/mol. The van der Waals surface area contributed by atoms with Crippen LogP contribution in [0.2, 0.25) is 0 Å². The quantitative estimate of drug-likeness (QED) is 0.164. The van der Waals surface area contributed by atoms with Crippen LogP contribution in [0.4, 0.5) is 28.4 Å². The number of rotatable bonds is 4. The van der Waals surface area contributed by atoms with Gasteiger partial charge in [0.25, 0.3) is 0 Å². The summed E-state index contributed by atoms with van der Waals surface area (Å²) < 4.78 is 7.28. The molecule has 0 atom stereocenters. The Labute approximate surface area is 422 Å². The Morgan fingerprint density at radius 2 is 1.15 bits per heavy atom. The molecule has 8 aromatic carbocycles. The normalized spacial score (nSPS) is 15.7. The fourth-order valence-electron chi connectivity index (χ4n) is 12.8. The highest BCUT2D eigenvalue weighted by molar-refractivity contribution is 6.94. The maximum atomic E-state index is 7.28. The molecule has 3 heterocycles. The van der Waals surface area contributed by atoms with Crippen molar-refractivity contribution in [2.75, 3.05) is 9.71 Å². The zero-order chi connectivity index (χ0) is 49.7. The molecule has 2 aliphatic heterocycles. The van der Waals surface area contributed by atoms with Crippen LogP contribution >= 0.6 is 0 Å². The van der Waals surface area contributed by atoms with Crippen LogP contribution in [0.1, 0.15) is 121 Å².